The van der Waals surface area contributed by atoms with Gasteiger partial charge in [0.1, 0.15) is 11.4 Å². The molecule has 1 aliphatic rings. The first-order chi connectivity index (χ1) is 16.4. The van der Waals surface area contributed by atoms with E-state index in [0.717, 1.165) is 29.7 Å². The van der Waals surface area contributed by atoms with Gasteiger partial charge >= 0.3 is 6.09 Å². The number of benzene rings is 2. The zero-order valence-electron chi connectivity index (χ0n) is 22.1. The Labute approximate surface area is 210 Å². The number of nitrogens with one attached hydrogen (secondary N) is 2. The molecule has 192 valence electrons. The van der Waals surface area contributed by atoms with Crippen molar-refractivity contribution in [2.24, 2.45) is 5.41 Å². The van der Waals surface area contributed by atoms with Gasteiger partial charge in [-0.1, -0.05) is 63.2 Å². The minimum atomic E-state index is -0.799. The van der Waals surface area contributed by atoms with E-state index in [1.807, 2.05) is 51.1 Å². The molecule has 1 amide bonds. The Balaban J connectivity index is 1.70. The minimum Gasteiger partial charge on any atom is -0.493 e. The average molecular weight is 483 g/mol. The fourth-order valence-corrected chi connectivity index (χ4v) is 4.39. The van der Waals surface area contributed by atoms with Crippen LogP contribution < -0.4 is 15.4 Å². The largest absolute Gasteiger partial charge is 0.493 e. The highest BCUT2D eigenvalue weighted by atomic mass is 16.6. The van der Waals surface area contributed by atoms with Crippen LogP contribution >= 0.6 is 0 Å². The van der Waals surface area contributed by atoms with Gasteiger partial charge in [0.25, 0.3) is 0 Å². The highest BCUT2D eigenvalue weighted by Gasteiger charge is 2.28. The summed E-state index contributed by atoms with van der Waals surface area (Å²) in [6.45, 7) is 13.1. The van der Waals surface area contributed by atoms with E-state index in [1.165, 1.54) is 5.56 Å². The molecule has 1 unspecified atom stereocenters. The Morgan fingerprint density at radius 2 is 1.80 bits per heavy atom. The molecule has 1 aliphatic heterocycles. The first kappa shape index (κ1) is 27.0. The third kappa shape index (κ3) is 8.86. The number of alkyl carbamates (subject to hydrolysis) is 1. The Hall–Kier alpha value is -2.57. The lowest BCUT2D eigenvalue weighted by atomic mass is 9.86. The summed E-state index contributed by atoms with van der Waals surface area (Å²) in [5.74, 6) is 0.897. The quantitative estimate of drug-likeness (QED) is 0.483. The van der Waals surface area contributed by atoms with Crippen molar-refractivity contribution in [3.05, 3.63) is 65.2 Å². The summed E-state index contributed by atoms with van der Waals surface area (Å²) in [5, 5.41) is 17.6. The lowest BCUT2D eigenvalue weighted by molar-refractivity contribution is 0.0418. The molecule has 3 atom stereocenters. The summed E-state index contributed by atoms with van der Waals surface area (Å²) in [5.41, 5.74) is 3.03. The molecule has 0 aliphatic carbocycles. The normalized spacial score (nSPS) is 17.6. The second-order valence-electron chi connectivity index (χ2n) is 11.7. The van der Waals surface area contributed by atoms with Crippen LogP contribution in [0.3, 0.4) is 0 Å². The Kier molecular flexibility index (Phi) is 8.84. The van der Waals surface area contributed by atoms with Crippen LogP contribution in [0.5, 0.6) is 5.75 Å². The molecule has 0 bridgehead atoms. The van der Waals surface area contributed by atoms with Crippen molar-refractivity contribution >= 4 is 6.09 Å². The van der Waals surface area contributed by atoms with Gasteiger partial charge in [-0.15, -0.1) is 0 Å². The number of ether oxygens (including phenoxy) is 2. The Morgan fingerprint density at radius 1 is 1.09 bits per heavy atom. The van der Waals surface area contributed by atoms with E-state index in [-0.39, 0.29) is 11.5 Å². The molecular formula is C29H42N2O4. The number of fused-ring (bicyclic) bond motifs is 1. The number of amides is 1. The van der Waals surface area contributed by atoms with E-state index in [4.69, 9.17) is 9.47 Å². The molecule has 6 heteroatoms. The number of carbonyl (C=O) groups excluding carboxylic acids is 1. The van der Waals surface area contributed by atoms with E-state index in [9.17, 15) is 9.90 Å². The molecule has 3 rings (SSSR count). The SMILES string of the molecule is CC(C)(C)Cc1ccc2c(c1)[C@@H](NC[C@@H](O)C(Cc1ccccc1)NC(=O)OC(C)(C)C)CCO2. The van der Waals surface area contributed by atoms with E-state index >= 15 is 0 Å². The summed E-state index contributed by atoms with van der Waals surface area (Å²) < 4.78 is 11.3. The van der Waals surface area contributed by atoms with Crippen molar-refractivity contribution < 1.29 is 19.4 Å². The summed E-state index contributed by atoms with van der Waals surface area (Å²) >= 11 is 0. The number of hydrogen-bond acceptors (Lipinski definition) is 5. The second kappa shape index (κ2) is 11.4. The average Bonchev–Trinajstić information content (AvgIpc) is 2.75. The maximum atomic E-state index is 12.5. The van der Waals surface area contributed by atoms with E-state index in [1.54, 1.807) is 0 Å². The van der Waals surface area contributed by atoms with Gasteiger partial charge in [-0.3, -0.25) is 0 Å². The summed E-state index contributed by atoms with van der Waals surface area (Å²) in [4.78, 5) is 12.5. The van der Waals surface area contributed by atoms with Crippen LogP contribution in [-0.2, 0) is 17.6 Å². The molecule has 6 nitrogen and oxygen atoms in total. The smallest absolute Gasteiger partial charge is 0.407 e. The molecule has 2 aromatic carbocycles. The molecular weight excluding hydrogens is 440 g/mol. The highest BCUT2D eigenvalue weighted by molar-refractivity contribution is 5.68. The molecule has 35 heavy (non-hydrogen) atoms. The van der Waals surface area contributed by atoms with Crippen LogP contribution in [0.4, 0.5) is 4.79 Å². The summed E-state index contributed by atoms with van der Waals surface area (Å²) in [7, 11) is 0. The van der Waals surface area contributed by atoms with Crippen molar-refractivity contribution in [3.63, 3.8) is 0 Å². The first-order valence-corrected chi connectivity index (χ1v) is 12.6. The van der Waals surface area contributed by atoms with Gasteiger partial charge in [0.05, 0.1) is 18.8 Å². The van der Waals surface area contributed by atoms with Gasteiger partial charge in [0.2, 0.25) is 0 Å². The van der Waals surface area contributed by atoms with E-state index < -0.39 is 23.8 Å². The number of aliphatic hydroxyl groups excluding tert-OH is 1. The molecule has 3 N–H and O–H groups in total. The van der Waals surface area contributed by atoms with Gasteiger partial charge in [0.15, 0.2) is 0 Å². The van der Waals surface area contributed by atoms with Crippen LogP contribution in [0, 0.1) is 5.41 Å². The third-order valence-electron chi connectivity index (χ3n) is 5.89. The number of hydrogen-bond donors (Lipinski definition) is 3. The van der Waals surface area contributed by atoms with Gasteiger partial charge in [-0.25, -0.2) is 4.79 Å². The second-order valence-corrected chi connectivity index (χ2v) is 11.7. The lowest BCUT2D eigenvalue weighted by Gasteiger charge is -2.31. The zero-order valence-corrected chi connectivity index (χ0v) is 22.1. The van der Waals surface area contributed by atoms with Gasteiger partial charge in [-0.05, 0) is 56.2 Å². The van der Waals surface area contributed by atoms with E-state index in [2.05, 4.69) is 49.6 Å². The standard InChI is InChI=1S/C29H42N2O4/c1-28(2,3)18-21-12-13-26-22(16-21)23(14-15-34-26)30-19-25(32)24(17-20-10-8-7-9-11-20)31-27(33)35-29(4,5)6/h7-13,16,23-25,30,32H,14-15,17-19H2,1-6H3,(H,31,33)/t23-,24?,25+/m0/s1. The molecule has 0 radical (unpaired) electrons. The van der Waals surface area contributed by atoms with Crippen LogP contribution in [0.25, 0.3) is 0 Å². The van der Waals surface area contributed by atoms with Gasteiger partial charge in [0, 0.05) is 24.6 Å². The van der Waals surface area contributed by atoms with Crippen LogP contribution in [-0.4, -0.2) is 42.1 Å². The number of carbonyl (C=O) groups is 1. The molecule has 0 saturated carbocycles. The molecule has 0 aromatic heterocycles. The molecule has 0 spiro atoms. The Bertz CT molecular complexity index is 963. The van der Waals surface area contributed by atoms with Crippen molar-refractivity contribution in [1.82, 2.24) is 10.6 Å². The lowest BCUT2D eigenvalue weighted by Crippen LogP contribution is -2.50. The van der Waals surface area contributed by atoms with Crippen molar-refractivity contribution in [1.29, 1.82) is 0 Å². The third-order valence-corrected chi connectivity index (χ3v) is 5.89. The van der Waals surface area contributed by atoms with Crippen molar-refractivity contribution in [3.8, 4) is 5.75 Å². The number of rotatable bonds is 8. The fraction of sp³-hybridized carbons (Fsp3) is 0.552. The monoisotopic (exact) mass is 482 g/mol. The predicted molar refractivity (Wildman–Crippen MR) is 140 cm³/mol. The van der Waals surface area contributed by atoms with Gasteiger partial charge < -0.3 is 25.2 Å². The van der Waals surface area contributed by atoms with Crippen LogP contribution in [0.1, 0.15) is 70.7 Å². The molecule has 0 fully saturated rings. The van der Waals surface area contributed by atoms with Gasteiger partial charge in [-0.2, -0.15) is 0 Å². The maximum absolute atomic E-state index is 12.5. The Morgan fingerprint density at radius 3 is 2.46 bits per heavy atom. The minimum absolute atomic E-state index is 0.0761. The highest BCUT2D eigenvalue weighted by Crippen LogP contribution is 2.34. The maximum Gasteiger partial charge on any atom is 0.407 e. The molecule has 1 heterocycles. The zero-order chi connectivity index (χ0) is 25.6. The fourth-order valence-electron chi connectivity index (χ4n) is 4.39. The first-order valence-electron chi connectivity index (χ1n) is 12.6. The summed E-state index contributed by atoms with van der Waals surface area (Å²) in [6.07, 6.45) is 0.978. The molecule has 0 saturated heterocycles. The van der Waals surface area contributed by atoms with Crippen molar-refractivity contribution in [2.75, 3.05) is 13.2 Å². The summed E-state index contributed by atoms with van der Waals surface area (Å²) in [6, 6.07) is 15.9. The topological polar surface area (TPSA) is 79.8 Å². The van der Waals surface area contributed by atoms with Crippen LogP contribution in [0.2, 0.25) is 0 Å². The molecule has 2 aromatic rings. The van der Waals surface area contributed by atoms with E-state index in [0.29, 0.717) is 19.6 Å². The number of aliphatic hydroxyl groups is 1. The van der Waals surface area contributed by atoms with Crippen molar-refractivity contribution in [2.45, 2.75) is 84.6 Å². The van der Waals surface area contributed by atoms with Crippen LogP contribution in [0.15, 0.2) is 48.5 Å². The predicted octanol–water partition coefficient (Wildman–Crippen LogP) is 5.19.